The lowest BCUT2D eigenvalue weighted by atomic mass is 10.3. The van der Waals surface area contributed by atoms with E-state index in [0.717, 1.165) is 47.4 Å². The maximum Gasteiger partial charge on any atom is 0.147 e. The topological polar surface area (TPSA) is 67.9 Å². The summed E-state index contributed by atoms with van der Waals surface area (Å²) in [5.41, 5.74) is 6.65. The highest BCUT2D eigenvalue weighted by atomic mass is 35.5. The van der Waals surface area contributed by atoms with Crippen molar-refractivity contribution in [1.82, 2.24) is 15.0 Å². The summed E-state index contributed by atoms with van der Waals surface area (Å²) in [6.45, 7) is 8.36. The van der Waals surface area contributed by atoms with E-state index in [-0.39, 0.29) is 0 Å². The fourth-order valence-electron chi connectivity index (χ4n) is 2.29. The molecule has 0 atom stereocenters. The molecule has 0 fully saturated rings. The lowest BCUT2D eigenvalue weighted by Gasteiger charge is -2.23. The van der Waals surface area contributed by atoms with Gasteiger partial charge in [0.1, 0.15) is 16.7 Å². The van der Waals surface area contributed by atoms with Crippen molar-refractivity contribution in [2.75, 3.05) is 23.7 Å². The molecule has 130 valence electrons. The third kappa shape index (κ3) is 4.74. The summed E-state index contributed by atoms with van der Waals surface area (Å²) in [5.74, 6) is 1.27. The van der Waals surface area contributed by atoms with Crippen molar-refractivity contribution < 1.29 is 0 Å². The average Bonchev–Trinajstić information content (AvgIpc) is 2.57. The second kappa shape index (κ2) is 9.08. The van der Waals surface area contributed by atoms with E-state index in [0.29, 0.717) is 10.8 Å². The molecule has 7 heteroatoms. The molecule has 0 spiro atoms. The van der Waals surface area contributed by atoms with E-state index in [1.165, 1.54) is 18.2 Å². The zero-order valence-corrected chi connectivity index (χ0v) is 16.0. The molecule has 0 aromatic carbocycles. The highest BCUT2D eigenvalue weighted by molar-refractivity contribution is 7.99. The van der Waals surface area contributed by atoms with Crippen LogP contribution in [0.3, 0.4) is 0 Å². The summed E-state index contributed by atoms with van der Waals surface area (Å²) >= 11 is 7.67. The smallest absolute Gasteiger partial charge is 0.147 e. The van der Waals surface area contributed by atoms with Gasteiger partial charge in [-0.1, -0.05) is 43.6 Å². The molecule has 0 amide bonds. The molecular formula is C17H24ClN5S. The number of aromatic nitrogens is 3. The van der Waals surface area contributed by atoms with Crippen molar-refractivity contribution in [3.05, 3.63) is 29.2 Å². The van der Waals surface area contributed by atoms with Crippen LogP contribution in [-0.2, 0) is 0 Å². The number of anilines is 2. The fraction of sp³-hybridized carbons (Fsp3) is 0.471. The molecule has 0 aliphatic carbocycles. The molecule has 2 heterocycles. The lowest BCUT2D eigenvalue weighted by molar-refractivity contribution is 0.691. The van der Waals surface area contributed by atoms with E-state index in [4.69, 9.17) is 22.3 Å². The molecule has 2 aromatic heterocycles. The predicted molar refractivity (Wildman–Crippen MR) is 102 cm³/mol. The fourth-order valence-corrected chi connectivity index (χ4v) is 3.35. The van der Waals surface area contributed by atoms with Gasteiger partial charge in [0.25, 0.3) is 0 Å². The number of nitrogen functional groups attached to an aromatic ring is 1. The van der Waals surface area contributed by atoms with E-state index in [1.54, 1.807) is 6.20 Å². The third-order valence-electron chi connectivity index (χ3n) is 3.58. The van der Waals surface area contributed by atoms with Gasteiger partial charge in [0.2, 0.25) is 0 Å². The van der Waals surface area contributed by atoms with Gasteiger partial charge in [-0.3, -0.25) is 0 Å². The molecule has 0 unspecified atom stereocenters. The number of rotatable bonds is 8. The van der Waals surface area contributed by atoms with Crippen molar-refractivity contribution in [2.24, 2.45) is 0 Å². The second-order valence-corrected chi connectivity index (χ2v) is 6.98. The first-order valence-corrected chi connectivity index (χ1v) is 9.42. The van der Waals surface area contributed by atoms with Crippen molar-refractivity contribution in [2.45, 2.75) is 50.0 Å². The SMILES string of the molecule is CCCCN(CCC)c1cnc(Sc2ccnc(N)c2Cl)c(C)n1. The summed E-state index contributed by atoms with van der Waals surface area (Å²) in [5, 5.41) is 1.29. The van der Waals surface area contributed by atoms with Crippen LogP contribution in [0.5, 0.6) is 0 Å². The Labute approximate surface area is 153 Å². The van der Waals surface area contributed by atoms with Crippen molar-refractivity contribution in [3.63, 3.8) is 0 Å². The van der Waals surface area contributed by atoms with Crippen molar-refractivity contribution in [3.8, 4) is 0 Å². The number of aryl methyl sites for hydroxylation is 1. The number of unbranched alkanes of at least 4 members (excludes halogenated alkanes) is 1. The van der Waals surface area contributed by atoms with Crippen LogP contribution in [-0.4, -0.2) is 28.0 Å². The van der Waals surface area contributed by atoms with Crippen LogP contribution in [0.2, 0.25) is 5.02 Å². The minimum absolute atomic E-state index is 0.331. The van der Waals surface area contributed by atoms with Crippen molar-refractivity contribution >= 4 is 35.0 Å². The predicted octanol–water partition coefficient (Wildman–Crippen LogP) is 4.58. The highest BCUT2D eigenvalue weighted by Crippen LogP contribution is 2.35. The highest BCUT2D eigenvalue weighted by Gasteiger charge is 2.13. The van der Waals surface area contributed by atoms with Gasteiger partial charge in [-0.15, -0.1) is 0 Å². The Bertz CT molecular complexity index is 680. The van der Waals surface area contributed by atoms with E-state index < -0.39 is 0 Å². The molecule has 0 aliphatic rings. The summed E-state index contributed by atoms with van der Waals surface area (Å²) in [4.78, 5) is 16.5. The van der Waals surface area contributed by atoms with Crippen LogP contribution in [0.4, 0.5) is 11.6 Å². The molecule has 0 radical (unpaired) electrons. The summed E-state index contributed by atoms with van der Waals surface area (Å²) in [7, 11) is 0. The lowest BCUT2D eigenvalue weighted by Crippen LogP contribution is -2.26. The van der Waals surface area contributed by atoms with Gasteiger partial charge in [-0.25, -0.2) is 15.0 Å². The molecule has 0 bridgehead atoms. The zero-order valence-electron chi connectivity index (χ0n) is 14.4. The molecule has 2 aromatic rings. The van der Waals surface area contributed by atoms with E-state index in [2.05, 4.69) is 28.7 Å². The van der Waals surface area contributed by atoms with E-state index in [9.17, 15) is 0 Å². The van der Waals surface area contributed by atoms with Gasteiger partial charge >= 0.3 is 0 Å². The van der Waals surface area contributed by atoms with Crippen LogP contribution in [0, 0.1) is 6.92 Å². The number of hydrogen-bond acceptors (Lipinski definition) is 6. The monoisotopic (exact) mass is 365 g/mol. The number of halogens is 1. The first kappa shape index (κ1) is 18.8. The molecule has 0 aliphatic heterocycles. The van der Waals surface area contributed by atoms with Gasteiger partial charge < -0.3 is 10.6 Å². The van der Waals surface area contributed by atoms with Crippen molar-refractivity contribution in [1.29, 1.82) is 0 Å². The Hall–Kier alpha value is -1.53. The van der Waals surface area contributed by atoms with Gasteiger partial charge in [-0.05, 0) is 25.8 Å². The minimum Gasteiger partial charge on any atom is -0.382 e. The summed E-state index contributed by atoms with van der Waals surface area (Å²) in [6, 6.07) is 1.84. The molecule has 24 heavy (non-hydrogen) atoms. The Balaban J connectivity index is 2.20. The third-order valence-corrected chi connectivity index (χ3v) is 5.24. The second-order valence-electron chi connectivity index (χ2n) is 5.57. The first-order chi connectivity index (χ1) is 11.6. The number of pyridine rings is 1. The zero-order chi connectivity index (χ0) is 17.5. The first-order valence-electron chi connectivity index (χ1n) is 8.23. The van der Waals surface area contributed by atoms with E-state index in [1.807, 2.05) is 19.2 Å². The Morgan fingerprint density at radius 2 is 2.00 bits per heavy atom. The molecule has 0 saturated heterocycles. The van der Waals surface area contributed by atoms with Gasteiger partial charge in [0.05, 0.1) is 16.9 Å². The van der Waals surface area contributed by atoms with E-state index >= 15 is 0 Å². The minimum atomic E-state index is 0.331. The van der Waals surface area contributed by atoms with Crippen LogP contribution in [0.25, 0.3) is 0 Å². The van der Waals surface area contributed by atoms with Crippen LogP contribution in [0.15, 0.2) is 28.4 Å². The normalized spacial score (nSPS) is 10.8. The molecule has 5 nitrogen and oxygen atoms in total. The van der Waals surface area contributed by atoms with Gasteiger partial charge in [0, 0.05) is 24.2 Å². The Kier molecular flexibility index (Phi) is 7.12. The average molecular weight is 366 g/mol. The standard InChI is InChI=1S/C17H24ClN5S/c1-4-6-10-23(9-5-2)14-11-21-17(12(3)22-14)24-13-7-8-20-16(19)15(13)18/h7-8,11H,4-6,9-10H2,1-3H3,(H2,19,20). The Morgan fingerprint density at radius 1 is 1.21 bits per heavy atom. The van der Waals surface area contributed by atoms with Gasteiger partial charge in [0.15, 0.2) is 0 Å². The quantitative estimate of drug-likeness (QED) is 0.738. The van der Waals surface area contributed by atoms with Crippen LogP contribution in [0.1, 0.15) is 38.8 Å². The Morgan fingerprint density at radius 3 is 2.67 bits per heavy atom. The number of hydrogen-bond donors (Lipinski definition) is 1. The maximum atomic E-state index is 6.21. The number of nitrogens with two attached hydrogens (primary N) is 1. The molecular weight excluding hydrogens is 342 g/mol. The van der Waals surface area contributed by atoms with Gasteiger partial charge in [-0.2, -0.15) is 0 Å². The van der Waals surface area contributed by atoms with Crippen LogP contribution < -0.4 is 10.6 Å². The maximum absolute atomic E-state index is 6.21. The molecule has 0 saturated carbocycles. The summed E-state index contributed by atoms with van der Waals surface area (Å²) in [6.07, 6.45) is 6.91. The van der Waals surface area contributed by atoms with Crippen LogP contribution >= 0.6 is 23.4 Å². The molecule has 2 rings (SSSR count). The largest absolute Gasteiger partial charge is 0.382 e. The summed E-state index contributed by atoms with van der Waals surface area (Å²) < 4.78 is 0. The molecule has 2 N–H and O–H groups in total. The number of nitrogens with zero attached hydrogens (tertiary/aromatic N) is 4.